The van der Waals surface area contributed by atoms with Crippen molar-refractivity contribution in [3.05, 3.63) is 47.7 Å². The number of aromatic nitrogens is 3. The maximum Gasteiger partial charge on any atom is 0.121 e. The van der Waals surface area contributed by atoms with Crippen LogP contribution >= 0.6 is 0 Å². The number of hydrogen-bond donors (Lipinski definition) is 0. The summed E-state index contributed by atoms with van der Waals surface area (Å²) < 4.78 is 2.03. The van der Waals surface area contributed by atoms with Crippen LogP contribution in [0.5, 0.6) is 0 Å². The summed E-state index contributed by atoms with van der Waals surface area (Å²) in [7, 11) is 0. The maximum atomic E-state index is 4.57. The Kier molecular flexibility index (Phi) is 3.75. The smallest absolute Gasteiger partial charge is 0.121 e. The van der Waals surface area contributed by atoms with E-state index < -0.39 is 0 Å². The van der Waals surface area contributed by atoms with Crippen molar-refractivity contribution in [2.24, 2.45) is 5.92 Å². The molecule has 1 unspecified atom stereocenters. The molecule has 0 fully saturated rings. The molecule has 1 atom stereocenters. The maximum absolute atomic E-state index is 4.57. The molecule has 4 rings (SSSR count). The lowest BCUT2D eigenvalue weighted by Gasteiger charge is -2.32. The van der Waals surface area contributed by atoms with Crippen LogP contribution in [0, 0.1) is 5.92 Å². The van der Waals surface area contributed by atoms with Gasteiger partial charge in [-0.3, -0.25) is 0 Å². The van der Waals surface area contributed by atoms with Crippen LogP contribution in [0.25, 0.3) is 16.8 Å². The lowest BCUT2D eigenvalue weighted by molar-refractivity contribution is 0.632. The van der Waals surface area contributed by atoms with E-state index >= 15 is 0 Å². The van der Waals surface area contributed by atoms with Crippen molar-refractivity contribution in [1.82, 2.24) is 15.0 Å². The van der Waals surface area contributed by atoms with Gasteiger partial charge in [-0.25, -0.2) is 4.68 Å². The number of para-hydroxylation sites is 1. The number of benzene rings is 1. The summed E-state index contributed by atoms with van der Waals surface area (Å²) in [4.78, 5) is 2.48. The minimum absolute atomic E-state index is 0.585. The van der Waals surface area contributed by atoms with Gasteiger partial charge in [0, 0.05) is 36.5 Å². The zero-order valence-corrected chi connectivity index (χ0v) is 14.7. The van der Waals surface area contributed by atoms with Gasteiger partial charge in [0.05, 0.1) is 5.69 Å². The van der Waals surface area contributed by atoms with E-state index in [1.54, 1.807) is 0 Å². The Hall–Kier alpha value is -2.36. The quantitative estimate of drug-likeness (QED) is 0.833. The van der Waals surface area contributed by atoms with Crippen molar-refractivity contribution in [3.63, 3.8) is 0 Å². The number of hydrogen-bond acceptors (Lipinski definition) is 3. The Balaban J connectivity index is 2.02. The summed E-state index contributed by atoms with van der Waals surface area (Å²) in [6.07, 6.45) is 5.67. The van der Waals surface area contributed by atoms with Gasteiger partial charge in [0.25, 0.3) is 0 Å². The van der Waals surface area contributed by atoms with E-state index in [0.717, 1.165) is 37.4 Å². The lowest BCUT2D eigenvalue weighted by atomic mass is 9.86. The number of allylic oxidation sites excluding steroid dienone is 3. The van der Waals surface area contributed by atoms with Gasteiger partial charge in [-0.2, -0.15) is 0 Å². The van der Waals surface area contributed by atoms with Crippen LogP contribution in [0.3, 0.4) is 0 Å². The van der Waals surface area contributed by atoms with Gasteiger partial charge in [-0.1, -0.05) is 42.5 Å². The number of fused-ring (bicyclic) bond motifs is 4. The molecule has 0 bridgehead atoms. The summed E-state index contributed by atoms with van der Waals surface area (Å²) in [6, 6.07) is 8.66. The third-order valence-electron chi connectivity index (χ3n) is 5.09. The van der Waals surface area contributed by atoms with Crippen molar-refractivity contribution < 1.29 is 0 Å². The fourth-order valence-electron chi connectivity index (χ4n) is 3.87. The van der Waals surface area contributed by atoms with E-state index in [1.165, 1.54) is 22.4 Å². The van der Waals surface area contributed by atoms with Gasteiger partial charge in [-0.15, -0.1) is 5.10 Å². The molecular weight excluding hydrogens is 296 g/mol. The normalized spacial score (nSPS) is 19.5. The lowest BCUT2D eigenvalue weighted by Crippen LogP contribution is -2.28. The molecule has 4 heteroatoms. The highest BCUT2D eigenvalue weighted by Gasteiger charge is 2.28. The Morgan fingerprint density at radius 1 is 1.17 bits per heavy atom. The first-order valence-corrected chi connectivity index (χ1v) is 8.91. The second-order valence-corrected chi connectivity index (χ2v) is 6.69. The van der Waals surface area contributed by atoms with Gasteiger partial charge in [0.15, 0.2) is 0 Å². The van der Waals surface area contributed by atoms with E-state index in [0.29, 0.717) is 5.92 Å². The van der Waals surface area contributed by atoms with Gasteiger partial charge in [0.1, 0.15) is 5.69 Å². The van der Waals surface area contributed by atoms with Crippen LogP contribution in [0.4, 0.5) is 5.69 Å². The van der Waals surface area contributed by atoms with Gasteiger partial charge < -0.3 is 4.90 Å². The average Bonchev–Trinajstić information content (AvgIpc) is 3.02. The van der Waals surface area contributed by atoms with Crippen LogP contribution < -0.4 is 4.90 Å². The second kappa shape index (κ2) is 5.93. The molecule has 0 radical (unpaired) electrons. The molecule has 1 aliphatic carbocycles. The first kappa shape index (κ1) is 15.2. The van der Waals surface area contributed by atoms with Gasteiger partial charge in [-0.05, 0) is 37.8 Å². The molecule has 2 heterocycles. The first-order valence-electron chi connectivity index (χ1n) is 8.91. The van der Waals surface area contributed by atoms with Crippen LogP contribution in [-0.4, -0.2) is 28.1 Å². The third-order valence-corrected chi connectivity index (χ3v) is 5.09. The van der Waals surface area contributed by atoms with Crippen LogP contribution in [0.2, 0.25) is 0 Å². The molecule has 1 aromatic heterocycles. The summed E-state index contributed by atoms with van der Waals surface area (Å²) in [6.45, 7) is 9.43. The van der Waals surface area contributed by atoms with Crippen molar-refractivity contribution in [2.75, 3.05) is 18.0 Å². The van der Waals surface area contributed by atoms with Crippen molar-refractivity contribution >= 4 is 11.3 Å². The molecule has 0 saturated carbocycles. The van der Waals surface area contributed by atoms with E-state index in [1.807, 2.05) is 4.68 Å². The molecule has 124 valence electrons. The molecule has 1 aliphatic heterocycles. The summed E-state index contributed by atoms with van der Waals surface area (Å²) >= 11 is 0. The highest BCUT2D eigenvalue weighted by atomic mass is 15.4. The third kappa shape index (κ3) is 2.29. The number of aryl methyl sites for hydroxylation is 1. The summed E-state index contributed by atoms with van der Waals surface area (Å²) in [5, 5.41) is 9.01. The molecular formula is C20H24N4. The number of nitrogens with zero attached hydrogens (tertiary/aromatic N) is 4. The number of likely N-dealkylation sites (N-methyl/N-ethyl adjacent to an activating group) is 1. The average molecular weight is 320 g/mol. The van der Waals surface area contributed by atoms with Crippen LogP contribution in [0.1, 0.15) is 32.9 Å². The Bertz CT molecular complexity index is 828. The molecule has 0 amide bonds. The second-order valence-electron chi connectivity index (χ2n) is 6.69. The van der Waals surface area contributed by atoms with Crippen LogP contribution in [0.15, 0.2) is 42.0 Å². The fraction of sp³-hybridized carbons (Fsp3) is 0.400. The zero-order chi connectivity index (χ0) is 16.7. The zero-order valence-electron chi connectivity index (χ0n) is 14.7. The Morgan fingerprint density at radius 3 is 2.79 bits per heavy atom. The molecule has 2 aromatic rings. The summed E-state index contributed by atoms with van der Waals surface area (Å²) in [5.74, 6) is 0.585. The largest absolute Gasteiger partial charge is 0.367 e. The summed E-state index contributed by atoms with van der Waals surface area (Å²) in [5.41, 5.74) is 7.46. The molecule has 1 aromatic carbocycles. The SMILES string of the molecule is CCN1CC2=C(C=CC(C)C2)c2nnn(CC)c2-c2ccccc21. The molecule has 24 heavy (non-hydrogen) atoms. The van der Waals surface area contributed by atoms with Crippen molar-refractivity contribution in [3.8, 4) is 11.3 Å². The molecule has 0 N–H and O–H groups in total. The van der Waals surface area contributed by atoms with E-state index in [9.17, 15) is 0 Å². The first-order chi connectivity index (χ1) is 11.7. The van der Waals surface area contributed by atoms with Gasteiger partial charge in [0.2, 0.25) is 0 Å². The van der Waals surface area contributed by atoms with Crippen molar-refractivity contribution in [2.45, 2.75) is 33.7 Å². The minimum Gasteiger partial charge on any atom is -0.367 e. The number of anilines is 1. The monoisotopic (exact) mass is 320 g/mol. The minimum atomic E-state index is 0.585. The molecule has 0 saturated heterocycles. The predicted octanol–water partition coefficient (Wildman–Crippen LogP) is 4.15. The van der Waals surface area contributed by atoms with Crippen molar-refractivity contribution in [1.29, 1.82) is 0 Å². The Labute approximate surface area is 143 Å². The fourth-order valence-corrected chi connectivity index (χ4v) is 3.87. The predicted molar refractivity (Wildman–Crippen MR) is 98.9 cm³/mol. The molecule has 0 spiro atoms. The molecule has 2 aliphatic rings. The standard InChI is InChI=1S/C20H24N4/c1-4-23-13-15-12-14(3)10-11-16(15)19-20(24(5-2)22-21-19)17-8-6-7-9-18(17)23/h6-11,14H,4-5,12-13H2,1-3H3. The topological polar surface area (TPSA) is 34.0 Å². The van der Waals surface area contributed by atoms with Gasteiger partial charge >= 0.3 is 0 Å². The highest BCUT2D eigenvalue weighted by Crippen LogP contribution is 2.41. The number of rotatable bonds is 2. The van der Waals surface area contributed by atoms with E-state index in [4.69, 9.17) is 0 Å². The van der Waals surface area contributed by atoms with Crippen LogP contribution in [-0.2, 0) is 6.54 Å². The highest BCUT2D eigenvalue weighted by molar-refractivity contribution is 5.90. The molecule has 4 nitrogen and oxygen atoms in total. The Morgan fingerprint density at radius 2 is 2.00 bits per heavy atom. The van der Waals surface area contributed by atoms with E-state index in [-0.39, 0.29) is 0 Å². The van der Waals surface area contributed by atoms with E-state index in [2.05, 4.69) is 72.4 Å².